The third-order valence-corrected chi connectivity index (χ3v) is 2.99. The Hall–Kier alpha value is -1.39. The summed E-state index contributed by atoms with van der Waals surface area (Å²) >= 11 is 0. The smallest absolute Gasteiger partial charge is 0.872 e. The molecule has 1 fully saturated rings. The van der Waals surface area contributed by atoms with E-state index in [9.17, 15) is 5.11 Å². The van der Waals surface area contributed by atoms with Crippen LogP contribution in [0.25, 0.3) is 0 Å². The fourth-order valence-electron chi connectivity index (χ4n) is 1.98. The topological polar surface area (TPSA) is 424 Å². The van der Waals surface area contributed by atoms with Gasteiger partial charge in [-0.15, -0.1) is 5.75 Å². The van der Waals surface area contributed by atoms with Gasteiger partial charge in [0.15, 0.2) is 0 Å². The molecule has 1 aliphatic heterocycles. The molecule has 17 nitrogen and oxygen atoms in total. The number of para-hydroxylation sites is 1. The van der Waals surface area contributed by atoms with Crippen LogP contribution in [0.2, 0.25) is 0 Å². The van der Waals surface area contributed by atoms with Crippen molar-refractivity contribution in [2.45, 2.75) is 0 Å². The number of quaternary nitrogens is 1. The summed E-state index contributed by atoms with van der Waals surface area (Å²) in [5.41, 5.74) is 0.680. The van der Waals surface area contributed by atoms with E-state index in [1.165, 1.54) is 13.1 Å². The molecule has 1 aromatic carbocycles. The zero-order valence-electron chi connectivity index (χ0n) is 17.1. The molecule has 0 aliphatic carbocycles. The number of benzene rings is 1. The zero-order chi connectivity index (χ0) is 16.4. The first kappa shape index (κ1) is 63.2. The predicted octanol–water partition coefficient (Wildman–Crippen LogP) is -10.00. The van der Waals surface area contributed by atoms with E-state index in [-0.39, 0.29) is 71.5 Å². The Kier molecular flexibility index (Phi) is 67.6. The second kappa shape index (κ2) is 34.2. The monoisotopic (exact) mass is 552 g/mol. The summed E-state index contributed by atoms with van der Waals surface area (Å²) in [5.74, 6) is 0.0452. The van der Waals surface area contributed by atoms with Gasteiger partial charge in [-0.1, -0.05) is 24.3 Å². The minimum Gasteiger partial charge on any atom is -0.872 e. The molecule has 1 radical (unpaired) electrons. The third-order valence-electron chi connectivity index (χ3n) is 2.99. The molecule has 0 saturated carbocycles. The number of rotatable bonds is 4. The maximum absolute atomic E-state index is 11.4. The Morgan fingerprint density at radius 3 is 1.75 bits per heavy atom. The number of aliphatic imine (C=N–C) groups is 1. The molecule has 0 spiro atoms. The van der Waals surface area contributed by atoms with Crippen molar-refractivity contribution >= 4 is 16.6 Å². The first-order chi connectivity index (χ1) is 10.4. The molecule has 1 aliphatic rings. The van der Waals surface area contributed by atoms with Gasteiger partial charge in [0.1, 0.15) is 0 Å². The van der Waals surface area contributed by atoms with Crippen molar-refractivity contribution in [3.63, 3.8) is 0 Å². The van der Waals surface area contributed by atoms with Crippen molar-refractivity contribution in [1.82, 2.24) is 4.90 Å². The molecule has 0 bridgehead atoms. The summed E-state index contributed by atoms with van der Waals surface area (Å²) < 4.78 is 34.1. The van der Waals surface area contributed by atoms with Crippen LogP contribution in [-0.4, -0.2) is 101 Å². The molecular formula is C13H40N3NiO14S+4. The van der Waals surface area contributed by atoms with Crippen molar-refractivity contribution < 1.29 is 93.7 Å². The first-order valence-corrected chi connectivity index (χ1v) is 8.16. The van der Waals surface area contributed by atoms with Crippen LogP contribution in [0, 0.1) is 0 Å². The summed E-state index contributed by atoms with van der Waals surface area (Å²) in [4.78, 5) is 6.74. The van der Waals surface area contributed by atoms with Crippen molar-refractivity contribution in [2.75, 3.05) is 39.3 Å². The zero-order valence-corrected chi connectivity index (χ0v) is 18.9. The van der Waals surface area contributed by atoms with E-state index in [0.717, 1.165) is 26.2 Å². The molecule has 2 rings (SSSR count). The van der Waals surface area contributed by atoms with E-state index >= 15 is 0 Å². The van der Waals surface area contributed by atoms with Gasteiger partial charge in [-0.25, -0.2) is 0 Å². The predicted molar refractivity (Wildman–Crippen MR) is 113 cm³/mol. The Bertz CT molecular complexity index is 583. The second-order valence-electron chi connectivity index (χ2n) is 4.69. The van der Waals surface area contributed by atoms with Crippen LogP contribution in [0.15, 0.2) is 29.3 Å². The van der Waals surface area contributed by atoms with E-state index in [1.807, 2.05) is 12.1 Å². The van der Waals surface area contributed by atoms with Gasteiger partial charge >= 0.3 is 16.5 Å². The molecule has 203 valence electrons. The van der Waals surface area contributed by atoms with Crippen LogP contribution in [-0.2, 0) is 43.3 Å². The molecule has 0 atom stereocenters. The standard InChI is InChI=1S/C13H19N3O.Ni.H2O4S.9H2O/c17-13-4-2-1-3-12(13)11-15-7-10-16-8-5-14-6-9-16;;1-5(2,3)4;;;;;;;;;/h1-4,11,14,17H,5-10H2;;(H2,1,2,3,4);9*1H2/q;+3;;;;;;;;;;/p+1. The number of piperazine rings is 1. The third kappa shape index (κ3) is 36.0. The van der Waals surface area contributed by atoms with Gasteiger partial charge in [-0.3, -0.25) is 18.3 Å². The van der Waals surface area contributed by atoms with E-state index in [2.05, 4.69) is 15.2 Å². The summed E-state index contributed by atoms with van der Waals surface area (Å²) in [6, 6.07) is 7.00. The normalized spacial score (nSPS) is 11.2. The first-order valence-electron chi connectivity index (χ1n) is 6.83. The van der Waals surface area contributed by atoms with Gasteiger partial charge in [0.05, 0.1) is 19.6 Å². The SMILES string of the molecule is O.O.O.O.O.O.O=S(=O)([O-])[O-].[Ni+3].[O-]c1ccccc1C=NCCN1CC[NH2+]CC1.[OH3+].[OH3+].[OH3+]. The van der Waals surface area contributed by atoms with Crippen LogP contribution in [0.5, 0.6) is 5.75 Å². The molecular weight excluding hydrogens is 513 g/mol. The molecule has 1 saturated heterocycles. The number of hydrogen-bond donors (Lipinski definition) is 1. The summed E-state index contributed by atoms with van der Waals surface area (Å²) in [6.45, 7) is 6.43. The summed E-state index contributed by atoms with van der Waals surface area (Å²) in [6.07, 6.45) is 1.69. The van der Waals surface area contributed by atoms with Crippen LogP contribution in [0.3, 0.4) is 0 Å². The molecule has 0 aromatic heterocycles. The molecule has 23 N–H and O–H groups in total. The van der Waals surface area contributed by atoms with Gasteiger partial charge in [-0.05, 0) is 5.56 Å². The molecule has 0 amide bonds. The minimum atomic E-state index is -5.17. The maximum atomic E-state index is 11.4. The average molecular weight is 553 g/mol. The number of nitrogens with two attached hydrogens (primary N) is 1. The van der Waals surface area contributed by atoms with E-state index in [0.29, 0.717) is 5.56 Å². The number of hydrogen-bond acceptors (Lipinski definition) is 7. The van der Waals surface area contributed by atoms with Crippen molar-refractivity contribution in [1.29, 1.82) is 0 Å². The summed E-state index contributed by atoms with van der Waals surface area (Å²) in [7, 11) is -5.17. The van der Waals surface area contributed by atoms with Crippen LogP contribution in [0.4, 0.5) is 0 Å². The Balaban J connectivity index is -0.0000000371. The minimum absolute atomic E-state index is 0. The fourth-order valence-corrected chi connectivity index (χ4v) is 1.98. The molecule has 1 heterocycles. The van der Waals surface area contributed by atoms with Gasteiger partial charge in [0, 0.05) is 36.2 Å². The van der Waals surface area contributed by atoms with Crippen molar-refractivity contribution in [3.8, 4) is 5.75 Å². The van der Waals surface area contributed by atoms with Gasteiger partial charge < -0.3 is 68.8 Å². The molecule has 32 heavy (non-hydrogen) atoms. The second-order valence-corrected chi connectivity index (χ2v) is 5.51. The largest absolute Gasteiger partial charge is 3.00 e. The Labute approximate surface area is 195 Å². The van der Waals surface area contributed by atoms with Gasteiger partial charge in [0.25, 0.3) is 0 Å². The fraction of sp³-hybridized carbons (Fsp3) is 0.462. The van der Waals surface area contributed by atoms with Crippen molar-refractivity contribution in [3.05, 3.63) is 29.8 Å². The van der Waals surface area contributed by atoms with E-state index in [1.54, 1.807) is 18.3 Å². The molecule has 1 aromatic rings. The molecule has 0 unspecified atom stereocenters. The quantitative estimate of drug-likeness (QED) is 0.124. The molecule has 19 heteroatoms. The summed E-state index contributed by atoms with van der Waals surface area (Å²) in [5, 5.41) is 13.7. The van der Waals surface area contributed by atoms with Gasteiger partial charge in [0.2, 0.25) is 0 Å². The van der Waals surface area contributed by atoms with E-state index in [4.69, 9.17) is 17.5 Å². The number of nitrogens with zero attached hydrogens (tertiary/aromatic N) is 2. The Morgan fingerprint density at radius 2 is 1.34 bits per heavy atom. The Morgan fingerprint density at radius 1 is 0.938 bits per heavy atom. The maximum Gasteiger partial charge on any atom is 3.00 e. The van der Waals surface area contributed by atoms with Crippen LogP contribution >= 0.6 is 0 Å². The van der Waals surface area contributed by atoms with Crippen molar-refractivity contribution in [2.24, 2.45) is 4.99 Å². The van der Waals surface area contributed by atoms with Crippen LogP contribution in [0.1, 0.15) is 5.56 Å². The van der Waals surface area contributed by atoms with E-state index < -0.39 is 10.4 Å². The van der Waals surface area contributed by atoms with Gasteiger partial charge in [-0.2, -0.15) is 0 Å². The average Bonchev–Trinajstić information content (AvgIpc) is 2.45. The van der Waals surface area contributed by atoms with Crippen LogP contribution < -0.4 is 10.4 Å².